The molecule has 3 rings (SSSR count). The minimum Gasteiger partial charge on any atom is -0.394 e. The second-order valence-corrected chi connectivity index (χ2v) is 6.64. The van der Waals surface area contributed by atoms with Crippen LogP contribution >= 0.6 is 0 Å². The average molecular weight is 291 g/mol. The molecule has 2 fully saturated rings. The van der Waals surface area contributed by atoms with E-state index >= 15 is 0 Å². The van der Waals surface area contributed by atoms with Gasteiger partial charge in [0, 0.05) is 11.6 Å². The molecule has 2 aliphatic rings. The van der Waals surface area contributed by atoms with Crippen molar-refractivity contribution in [3.05, 3.63) is 17.5 Å². The van der Waals surface area contributed by atoms with Gasteiger partial charge in [-0.2, -0.15) is 5.10 Å². The van der Waals surface area contributed by atoms with Crippen LogP contribution in [0.15, 0.2) is 6.07 Å². The van der Waals surface area contributed by atoms with Gasteiger partial charge in [-0.1, -0.05) is 32.1 Å². The minimum atomic E-state index is -0.430. The molecule has 0 atom stereocenters. The Hall–Kier alpha value is -1.36. The standard InChI is InChI=1S/C16H25N3O2/c20-11-16(8-4-5-9-16)17-15(21)14-10-13(18-19-14)12-6-2-1-3-7-12/h10,12,20H,1-9,11H2,(H,17,21)(H,18,19). The highest BCUT2D eigenvalue weighted by atomic mass is 16.3. The van der Waals surface area contributed by atoms with E-state index in [9.17, 15) is 9.90 Å². The molecule has 0 spiro atoms. The van der Waals surface area contributed by atoms with Crippen LogP contribution in [0.1, 0.15) is 79.9 Å². The molecule has 5 nitrogen and oxygen atoms in total. The van der Waals surface area contributed by atoms with E-state index in [4.69, 9.17) is 0 Å². The number of hydrogen-bond donors (Lipinski definition) is 3. The first kappa shape index (κ1) is 14.6. The fourth-order valence-corrected chi connectivity index (χ4v) is 3.75. The summed E-state index contributed by atoms with van der Waals surface area (Å²) in [6.45, 7) is 0.0125. The van der Waals surface area contributed by atoms with Gasteiger partial charge in [-0.25, -0.2) is 0 Å². The van der Waals surface area contributed by atoms with Gasteiger partial charge in [-0.05, 0) is 31.7 Å². The molecule has 1 heterocycles. The van der Waals surface area contributed by atoms with Crippen molar-refractivity contribution in [2.24, 2.45) is 0 Å². The highest BCUT2D eigenvalue weighted by Gasteiger charge is 2.35. The number of aliphatic hydroxyl groups excluding tert-OH is 1. The third-order valence-electron chi connectivity index (χ3n) is 5.12. The Bertz CT molecular complexity index is 485. The Morgan fingerprint density at radius 3 is 2.67 bits per heavy atom. The third-order valence-corrected chi connectivity index (χ3v) is 5.12. The Labute approximate surface area is 125 Å². The van der Waals surface area contributed by atoms with Gasteiger partial charge in [0.05, 0.1) is 12.1 Å². The minimum absolute atomic E-state index is 0.0125. The van der Waals surface area contributed by atoms with E-state index in [2.05, 4.69) is 15.5 Å². The predicted molar refractivity (Wildman–Crippen MR) is 80.2 cm³/mol. The first-order valence-corrected chi connectivity index (χ1v) is 8.21. The van der Waals surface area contributed by atoms with Gasteiger partial charge >= 0.3 is 0 Å². The molecular formula is C16H25N3O2. The lowest BCUT2D eigenvalue weighted by atomic mass is 9.87. The average Bonchev–Trinajstić information content (AvgIpc) is 3.18. The maximum atomic E-state index is 12.4. The molecule has 1 aromatic rings. The molecule has 2 aliphatic carbocycles. The summed E-state index contributed by atoms with van der Waals surface area (Å²) in [6.07, 6.45) is 10.1. The van der Waals surface area contributed by atoms with Gasteiger partial charge in [-0.3, -0.25) is 9.89 Å². The molecule has 0 saturated heterocycles. The number of carbonyl (C=O) groups is 1. The number of H-pyrrole nitrogens is 1. The summed E-state index contributed by atoms with van der Waals surface area (Å²) < 4.78 is 0. The van der Waals surface area contributed by atoms with Gasteiger partial charge < -0.3 is 10.4 Å². The lowest BCUT2D eigenvalue weighted by Gasteiger charge is -2.27. The SMILES string of the molecule is O=C(NC1(CO)CCCC1)c1cc(C2CCCCC2)[nH]n1. The zero-order chi connectivity index (χ0) is 14.7. The maximum Gasteiger partial charge on any atom is 0.272 e. The lowest BCUT2D eigenvalue weighted by Crippen LogP contribution is -2.49. The van der Waals surface area contributed by atoms with Crippen LogP contribution in [0.4, 0.5) is 0 Å². The van der Waals surface area contributed by atoms with Crippen molar-refractivity contribution in [3.63, 3.8) is 0 Å². The quantitative estimate of drug-likeness (QED) is 0.797. The third kappa shape index (κ3) is 3.12. The summed E-state index contributed by atoms with van der Waals surface area (Å²) in [5.74, 6) is 0.357. The molecule has 0 aromatic carbocycles. The summed E-state index contributed by atoms with van der Waals surface area (Å²) in [4.78, 5) is 12.4. The maximum absolute atomic E-state index is 12.4. The lowest BCUT2D eigenvalue weighted by molar-refractivity contribution is 0.0833. The largest absolute Gasteiger partial charge is 0.394 e. The van der Waals surface area contributed by atoms with E-state index < -0.39 is 5.54 Å². The van der Waals surface area contributed by atoms with Crippen LogP contribution in [0, 0.1) is 0 Å². The highest BCUT2D eigenvalue weighted by Crippen LogP contribution is 2.32. The van der Waals surface area contributed by atoms with Crippen LogP contribution in [0.2, 0.25) is 0 Å². The molecule has 5 heteroatoms. The van der Waals surface area contributed by atoms with Crippen molar-refractivity contribution in [2.45, 2.75) is 69.2 Å². The van der Waals surface area contributed by atoms with E-state index in [1.54, 1.807) is 0 Å². The van der Waals surface area contributed by atoms with Crippen LogP contribution in [-0.4, -0.2) is 33.4 Å². The van der Waals surface area contributed by atoms with Crippen LogP contribution < -0.4 is 5.32 Å². The second-order valence-electron chi connectivity index (χ2n) is 6.64. The zero-order valence-electron chi connectivity index (χ0n) is 12.5. The van der Waals surface area contributed by atoms with Crippen molar-refractivity contribution in [1.29, 1.82) is 0 Å². The molecule has 2 saturated carbocycles. The molecule has 1 aromatic heterocycles. The van der Waals surface area contributed by atoms with Gasteiger partial charge in [0.2, 0.25) is 0 Å². The molecule has 116 valence electrons. The van der Waals surface area contributed by atoms with Crippen molar-refractivity contribution >= 4 is 5.91 Å². The molecular weight excluding hydrogens is 266 g/mol. The Balaban J connectivity index is 1.66. The van der Waals surface area contributed by atoms with Gasteiger partial charge in [-0.15, -0.1) is 0 Å². The van der Waals surface area contributed by atoms with Gasteiger partial charge in [0.25, 0.3) is 5.91 Å². The fraction of sp³-hybridized carbons (Fsp3) is 0.750. The van der Waals surface area contributed by atoms with E-state index in [0.717, 1.165) is 31.4 Å². The molecule has 1 amide bonds. The monoisotopic (exact) mass is 291 g/mol. The van der Waals surface area contributed by atoms with Crippen molar-refractivity contribution in [2.75, 3.05) is 6.61 Å². The second kappa shape index (κ2) is 6.18. The summed E-state index contributed by atoms with van der Waals surface area (Å²) in [5, 5.41) is 19.8. The Morgan fingerprint density at radius 1 is 1.29 bits per heavy atom. The number of nitrogens with zero attached hydrogens (tertiary/aromatic N) is 1. The molecule has 0 aliphatic heterocycles. The normalized spacial score (nSPS) is 22.3. The molecule has 0 radical (unpaired) electrons. The van der Waals surface area contributed by atoms with Gasteiger partial charge in [0.15, 0.2) is 0 Å². The number of hydrogen-bond acceptors (Lipinski definition) is 3. The summed E-state index contributed by atoms with van der Waals surface area (Å²) in [5.41, 5.74) is 1.11. The van der Waals surface area contributed by atoms with Crippen LogP contribution in [0.3, 0.4) is 0 Å². The number of amides is 1. The number of carbonyl (C=O) groups excluding carboxylic acids is 1. The number of aromatic nitrogens is 2. The van der Waals surface area contributed by atoms with Crippen LogP contribution in [-0.2, 0) is 0 Å². The van der Waals surface area contributed by atoms with Crippen molar-refractivity contribution < 1.29 is 9.90 Å². The number of rotatable bonds is 4. The summed E-state index contributed by atoms with van der Waals surface area (Å²) in [7, 11) is 0. The van der Waals surface area contributed by atoms with E-state index in [1.165, 1.54) is 32.1 Å². The molecule has 3 N–H and O–H groups in total. The molecule has 0 bridgehead atoms. The van der Waals surface area contributed by atoms with E-state index in [0.29, 0.717) is 11.6 Å². The number of aliphatic hydroxyl groups is 1. The first-order chi connectivity index (χ1) is 10.2. The van der Waals surface area contributed by atoms with Crippen molar-refractivity contribution in [3.8, 4) is 0 Å². The van der Waals surface area contributed by atoms with Gasteiger partial charge in [0.1, 0.15) is 5.69 Å². The highest BCUT2D eigenvalue weighted by molar-refractivity contribution is 5.93. The zero-order valence-corrected chi connectivity index (χ0v) is 12.5. The van der Waals surface area contributed by atoms with E-state index in [1.807, 2.05) is 6.07 Å². The van der Waals surface area contributed by atoms with Crippen LogP contribution in [0.25, 0.3) is 0 Å². The van der Waals surface area contributed by atoms with Crippen molar-refractivity contribution in [1.82, 2.24) is 15.5 Å². The fourth-order valence-electron chi connectivity index (χ4n) is 3.75. The first-order valence-electron chi connectivity index (χ1n) is 8.21. The summed E-state index contributed by atoms with van der Waals surface area (Å²) in [6, 6.07) is 1.89. The topological polar surface area (TPSA) is 78.0 Å². The number of nitrogens with one attached hydrogen (secondary N) is 2. The van der Waals surface area contributed by atoms with Crippen LogP contribution in [0.5, 0.6) is 0 Å². The smallest absolute Gasteiger partial charge is 0.272 e. The molecule has 0 unspecified atom stereocenters. The predicted octanol–water partition coefficient (Wildman–Crippen LogP) is 2.49. The molecule has 21 heavy (non-hydrogen) atoms. The summed E-state index contributed by atoms with van der Waals surface area (Å²) >= 11 is 0. The van der Waals surface area contributed by atoms with E-state index in [-0.39, 0.29) is 12.5 Å². The number of aromatic amines is 1. The Kier molecular flexibility index (Phi) is 4.29. The Morgan fingerprint density at radius 2 is 2.00 bits per heavy atom.